The summed E-state index contributed by atoms with van der Waals surface area (Å²) < 4.78 is 28.4. The molecule has 0 aromatic heterocycles. The number of methoxy groups -OCH3 is 4. The summed E-state index contributed by atoms with van der Waals surface area (Å²) >= 11 is 0. The molecule has 1 aliphatic carbocycles. The maximum Gasteiger partial charge on any atom is 0.164 e. The number of rotatable bonds is 15. The molecule has 1 saturated carbocycles. The second-order valence-corrected chi connectivity index (χ2v) is 12.3. The van der Waals surface area contributed by atoms with Crippen molar-refractivity contribution < 1.29 is 23.7 Å². The molecule has 240 valence electrons. The van der Waals surface area contributed by atoms with E-state index in [2.05, 4.69) is 35.0 Å². The van der Waals surface area contributed by atoms with E-state index in [9.17, 15) is 5.26 Å². The maximum atomic E-state index is 9.29. The lowest BCUT2D eigenvalue weighted by atomic mass is 9.90. The van der Waals surface area contributed by atoms with Crippen LogP contribution >= 0.6 is 0 Å². The number of benzene rings is 3. The zero-order valence-corrected chi connectivity index (χ0v) is 27.3. The van der Waals surface area contributed by atoms with Crippen molar-refractivity contribution in [3.63, 3.8) is 0 Å². The summed E-state index contributed by atoms with van der Waals surface area (Å²) in [5.74, 6) is 5.02. The van der Waals surface area contributed by atoms with Crippen LogP contribution in [0.2, 0.25) is 0 Å². The van der Waals surface area contributed by atoms with Crippen LogP contribution in [-0.4, -0.2) is 77.5 Å². The molecular formula is C37H47N3O5. The van der Waals surface area contributed by atoms with Gasteiger partial charge >= 0.3 is 0 Å². The molecule has 8 nitrogen and oxygen atoms in total. The quantitative estimate of drug-likeness (QED) is 0.196. The highest BCUT2D eigenvalue weighted by Gasteiger charge is 2.43. The van der Waals surface area contributed by atoms with E-state index in [0.717, 1.165) is 68.3 Å². The van der Waals surface area contributed by atoms with E-state index in [1.807, 2.05) is 48.5 Å². The summed E-state index contributed by atoms with van der Waals surface area (Å²) in [4.78, 5) is 5.28. The minimum Gasteiger partial charge on any atom is -0.493 e. The van der Waals surface area contributed by atoms with E-state index in [-0.39, 0.29) is 6.10 Å². The number of piperidine rings is 1. The van der Waals surface area contributed by atoms with E-state index in [1.54, 1.807) is 28.4 Å². The maximum absolute atomic E-state index is 9.29. The lowest BCUT2D eigenvalue weighted by Crippen LogP contribution is -2.52. The molecule has 1 heterocycles. The van der Waals surface area contributed by atoms with Gasteiger partial charge < -0.3 is 33.5 Å². The first kappa shape index (κ1) is 32.5. The van der Waals surface area contributed by atoms with Crippen molar-refractivity contribution in [1.29, 1.82) is 5.26 Å². The van der Waals surface area contributed by atoms with Gasteiger partial charge in [-0.15, -0.1) is 0 Å². The van der Waals surface area contributed by atoms with Crippen LogP contribution < -0.4 is 23.7 Å². The summed E-state index contributed by atoms with van der Waals surface area (Å²) in [6.07, 6.45) is 5.36. The minimum atomic E-state index is -0.139. The third kappa shape index (κ3) is 7.84. The fourth-order valence-electron chi connectivity index (χ4n) is 7.31. The number of hydrogen-bond donors (Lipinski definition) is 0. The summed E-state index contributed by atoms with van der Waals surface area (Å²) in [7, 11) is 8.94. The molecule has 0 N–H and O–H groups in total. The normalized spacial score (nSPS) is 20.0. The van der Waals surface area contributed by atoms with Crippen LogP contribution in [0.25, 0.3) is 0 Å². The second-order valence-electron chi connectivity index (χ2n) is 12.3. The SMILES string of the molecule is COc1ccc(CCN2CC3CCC(C2)C3N(C)CCCC(Oc2ccc(OC)c(OC)c2)c2ccc(C#N)cc2)cc1OC. The molecule has 1 saturated heterocycles. The highest BCUT2D eigenvalue weighted by Crippen LogP contribution is 2.40. The lowest BCUT2D eigenvalue weighted by molar-refractivity contribution is 0.0596. The number of ether oxygens (including phenoxy) is 5. The van der Waals surface area contributed by atoms with Crippen molar-refractivity contribution in [3.05, 3.63) is 77.4 Å². The fraction of sp³-hybridized carbons (Fsp3) is 0.486. The standard InChI is InChI=1S/C37H47N3O5/c1-39(37-29-13-14-30(37)25-40(24-29)20-18-26-10-16-33(41-2)35(21-26)43-4)19-6-7-32(28-11-8-27(23-38)9-12-28)45-31-15-17-34(42-3)36(22-31)44-5/h8-12,15-17,21-22,29-30,32,37H,6-7,13-14,18-20,24-25H2,1-5H3. The third-order valence-corrected chi connectivity index (χ3v) is 9.56. The van der Waals surface area contributed by atoms with Crippen molar-refractivity contribution in [2.45, 2.75) is 44.2 Å². The van der Waals surface area contributed by atoms with Crippen molar-refractivity contribution in [3.8, 4) is 34.8 Å². The Morgan fingerprint density at radius 2 is 1.44 bits per heavy atom. The first-order chi connectivity index (χ1) is 22.0. The van der Waals surface area contributed by atoms with Gasteiger partial charge in [0.2, 0.25) is 0 Å². The minimum absolute atomic E-state index is 0.139. The monoisotopic (exact) mass is 613 g/mol. The summed E-state index contributed by atoms with van der Waals surface area (Å²) in [6.45, 7) is 4.41. The predicted octanol–water partition coefficient (Wildman–Crippen LogP) is 6.38. The Hall–Kier alpha value is -3.93. The first-order valence-electron chi connectivity index (χ1n) is 16.0. The predicted molar refractivity (Wildman–Crippen MR) is 176 cm³/mol. The number of fused-ring (bicyclic) bond motifs is 2. The Bertz CT molecular complexity index is 1420. The Morgan fingerprint density at radius 1 is 0.822 bits per heavy atom. The van der Waals surface area contributed by atoms with Crippen LogP contribution in [0.1, 0.15) is 48.5 Å². The van der Waals surface area contributed by atoms with E-state index in [4.69, 9.17) is 23.7 Å². The highest BCUT2D eigenvalue weighted by atomic mass is 16.5. The van der Waals surface area contributed by atoms with Gasteiger partial charge in [-0.05, 0) is 105 Å². The zero-order chi connectivity index (χ0) is 31.8. The summed E-state index contributed by atoms with van der Waals surface area (Å²) in [5.41, 5.74) is 2.99. The average molecular weight is 614 g/mol. The smallest absolute Gasteiger partial charge is 0.164 e. The van der Waals surface area contributed by atoms with E-state index < -0.39 is 0 Å². The van der Waals surface area contributed by atoms with Gasteiger partial charge in [-0.1, -0.05) is 18.2 Å². The van der Waals surface area contributed by atoms with E-state index in [0.29, 0.717) is 34.9 Å². The molecular weight excluding hydrogens is 566 g/mol. The van der Waals surface area contributed by atoms with Gasteiger partial charge in [-0.25, -0.2) is 0 Å². The fourth-order valence-corrected chi connectivity index (χ4v) is 7.31. The van der Waals surface area contributed by atoms with Gasteiger partial charge in [-0.2, -0.15) is 5.26 Å². The van der Waals surface area contributed by atoms with Crippen LogP contribution in [0.3, 0.4) is 0 Å². The molecule has 0 radical (unpaired) electrons. The number of hydrogen-bond acceptors (Lipinski definition) is 8. The van der Waals surface area contributed by atoms with Crippen LogP contribution in [0, 0.1) is 23.2 Å². The summed E-state index contributed by atoms with van der Waals surface area (Å²) in [6, 6.07) is 22.5. The van der Waals surface area contributed by atoms with Gasteiger partial charge in [0.25, 0.3) is 0 Å². The molecule has 1 aliphatic heterocycles. The molecule has 2 aliphatic rings. The molecule has 5 rings (SSSR count). The van der Waals surface area contributed by atoms with Crippen molar-refractivity contribution in [2.24, 2.45) is 11.8 Å². The van der Waals surface area contributed by atoms with Gasteiger partial charge in [0.15, 0.2) is 23.0 Å². The molecule has 3 aromatic rings. The Labute approximate surface area is 268 Å². The van der Waals surface area contributed by atoms with E-state index in [1.165, 1.54) is 18.4 Å². The van der Waals surface area contributed by atoms with Crippen LogP contribution in [0.15, 0.2) is 60.7 Å². The molecule has 3 atom stereocenters. The van der Waals surface area contributed by atoms with Crippen LogP contribution in [0.5, 0.6) is 28.7 Å². The Balaban J connectivity index is 1.17. The number of likely N-dealkylation sites (tertiary alicyclic amines) is 1. The highest BCUT2D eigenvalue weighted by molar-refractivity contribution is 5.46. The van der Waals surface area contributed by atoms with Crippen molar-refractivity contribution in [1.82, 2.24) is 9.80 Å². The van der Waals surface area contributed by atoms with Gasteiger partial charge in [-0.3, -0.25) is 0 Å². The molecule has 0 amide bonds. The Morgan fingerprint density at radius 3 is 2.07 bits per heavy atom. The Kier molecular flexibility index (Phi) is 11.1. The number of nitriles is 1. The molecule has 2 fully saturated rings. The molecule has 3 unspecified atom stereocenters. The largest absolute Gasteiger partial charge is 0.493 e. The van der Waals surface area contributed by atoms with Gasteiger partial charge in [0.05, 0.1) is 40.1 Å². The third-order valence-electron chi connectivity index (χ3n) is 9.56. The lowest BCUT2D eigenvalue weighted by Gasteiger charge is -2.42. The van der Waals surface area contributed by atoms with E-state index >= 15 is 0 Å². The number of nitrogens with zero attached hydrogens (tertiary/aromatic N) is 3. The zero-order valence-electron chi connectivity index (χ0n) is 27.3. The van der Waals surface area contributed by atoms with Crippen molar-refractivity contribution in [2.75, 3.05) is 61.7 Å². The molecule has 45 heavy (non-hydrogen) atoms. The molecule has 2 bridgehead atoms. The first-order valence-corrected chi connectivity index (χ1v) is 16.0. The van der Waals surface area contributed by atoms with Crippen LogP contribution in [0.4, 0.5) is 0 Å². The van der Waals surface area contributed by atoms with Gasteiger partial charge in [0.1, 0.15) is 11.9 Å². The second kappa shape index (κ2) is 15.4. The van der Waals surface area contributed by atoms with Crippen molar-refractivity contribution >= 4 is 0 Å². The summed E-state index contributed by atoms with van der Waals surface area (Å²) in [5, 5.41) is 9.29. The molecule has 0 spiro atoms. The molecule has 3 aromatic carbocycles. The van der Waals surface area contributed by atoms with Crippen LogP contribution in [-0.2, 0) is 6.42 Å². The molecule has 8 heteroatoms. The topological polar surface area (TPSA) is 76.4 Å². The van der Waals surface area contributed by atoms with Gasteiger partial charge in [0, 0.05) is 31.7 Å². The average Bonchev–Trinajstić information content (AvgIpc) is 3.35.